The van der Waals surface area contributed by atoms with Crippen LogP contribution in [0.25, 0.3) is 0 Å². The van der Waals surface area contributed by atoms with Gasteiger partial charge in [-0.15, -0.1) is 0 Å². The van der Waals surface area contributed by atoms with Crippen molar-refractivity contribution in [3.8, 4) is 0 Å². The van der Waals surface area contributed by atoms with Crippen LogP contribution in [-0.4, -0.2) is 41.6 Å². The number of morpholine rings is 1. The summed E-state index contributed by atoms with van der Waals surface area (Å²) in [5.74, 6) is 1.89. The number of benzene rings is 1. The van der Waals surface area contributed by atoms with Crippen LogP contribution in [0.4, 0.5) is 5.82 Å². The number of thioether (sulfide) groups is 1. The van der Waals surface area contributed by atoms with E-state index in [4.69, 9.17) is 9.72 Å². The van der Waals surface area contributed by atoms with Gasteiger partial charge in [0.1, 0.15) is 5.82 Å². The van der Waals surface area contributed by atoms with Crippen LogP contribution in [0.15, 0.2) is 40.3 Å². The molecule has 0 unspecified atom stereocenters. The molecule has 1 saturated heterocycles. The van der Waals surface area contributed by atoms with Gasteiger partial charge >= 0.3 is 0 Å². The maximum Gasteiger partial charge on any atom is 0.259 e. The molecule has 5 nitrogen and oxygen atoms in total. The molecule has 2 aliphatic heterocycles. The van der Waals surface area contributed by atoms with Crippen molar-refractivity contribution in [1.29, 1.82) is 0 Å². The second-order valence-electron chi connectivity index (χ2n) is 6.12. The van der Waals surface area contributed by atoms with Crippen molar-refractivity contribution < 1.29 is 4.74 Å². The van der Waals surface area contributed by atoms with Crippen LogP contribution in [0.5, 0.6) is 0 Å². The van der Waals surface area contributed by atoms with E-state index in [1.54, 1.807) is 11.8 Å². The van der Waals surface area contributed by atoms with Crippen LogP contribution in [0.1, 0.15) is 17.5 Å². The lowest BCUT2D eigenvalue weighted by molar-refractivity contribution is 0.122. The smallest absolute Gasteiger partial charge is 0.259 e. The summed E-state index contributed by atoms with van der Waals surface area (Å²) in [6.07, 6.45) is 1.66. The third-order valence-electron chi connectivity index (χ3n) is 4.50. The number of anilines is 1. The molecule has 0 radical (unpaired) electrons. The highest BCUT2D eigenvalue weighted by molar-refractivity contribution is 7.99. The number of aromatic nitrogens is 2. The van der Waals surface area contributed by atoms with Gasteiger partial charge in [0.05, 0.1) is 18.8 Å². The summed E-state index contributed by atoms with van der Waals surface area (Å²) in [6, 6.07) is 10.2. The number of hydrogen-bond acceptors (Lipinski definition) is 5. The molecule has 0 spiro atoms. The van der Waals surface area contributed by atoms with Crippen LogP contribution in [-0.2, 0) is 17.7 Å². The molecule has 2 aliphatic rings. The van der Waals surface area contributed by atoms with Crippen molar-refractivity contribution >= 4 is 17.6 Å². The molecule has 2 aromatic rings. The van der Waals surface area contributed by atoms with Crippen LogP contribution in [0.3, 0.4) is 0 Å². The molecule has 126 valence electrons. The van der Waals surface area contributed by atoms with Gasteiger partial charge in [0, 0.05) is 31.8 Å². The predicted molar refractivity (Wildman–Crippen MR) is 96.1 cm³/mol. The summed E-state index contributed by atoms with van der Waals surface area (Å²) >= 11 is 1.69. The molecule has 24 heavy (non-hydrogen) atoms. The Hall–Kier alpha value is -1.79. The molecule has 1 aromatic carbocycles. The van der Waals surface area contributed by atoms with Gasteiger partial charge in [0.25, 0.3) is 5.56 Å². The largest absolute Gasteiger partial charge is 0.378 e. The molecule has 4 rings (SSSR count). The highest BCUT2D eigenvalue weighted by Gasteiger charge is 2.24. The van der Waals surface area contributed by atoms with E-state index >= 15 is 0 Å². The highest BCUT2D eigenvalue weighted by Crippen LogP contribution is 2.27. The minimum Gasteiger partial charge on any atom is -0.378 e. The zero-order valence-electron chi connectivity index (χ0n) is 13.6. The molecule has 3 heterocycles. The third kappa shape index (κ3) is 3.08. The van der Waals surface area contributed by atoms with E-state index in [9.17, 15) is 4.79 Å². The van der Waals surface area contributed by atoms with E-state index in [-0.39, 0.29) is 5.56 Å². The molecule has 0 aliphatic carbocycles. The number of nitrogens with zero attached hydrogens (tertiary/aromatic N) is 3. The van der Waals surface area contributed by atoms with Crippen molar-refractivity contribution in [2.45, 2.75) is 24.5 Å². The van der Waals surface area contributed by atoms with Crippen molar-refractivity contribution in [3.63, 3.8) is 0 Å². The Bertz CT molecular complexity index is 770. The summed E-state index contributed by atoms with van der Waals surface area (Å²) in [7, 11) is 0. The van der Waals surface area contributed by atoms with Crippen molar-refractivity contribution in [1.82, 2.24) is 9.55 Å². The summed E-state index contributed by atoms with van der Waals surface area (Å²) in [5.41, 5.74) is 2.09. The quantitative estimate of drug-likeness (QED) is 0.800. The first-order valence-electron chi connectivity index (χ1n) is 8.46. The first-order chi connectivity index (χ1) is 11.8. The minimum absolute atomic E-state index is 0.123. The number of fused-ring (bicyclic) bond motifs is 1. The fourth-order valence-corrected chi connectivity index (χ4v) is 4.19. The van der Waals surface area contributed by atoms with Gasteiger partial charge in [0.2, 0.25) is 0 Å². The van der Waals surface area contributed by atoms with Gasteiger partial charge in [-0.2, -0.15) is 0 Å². The molecule has 0 saturated carbocycles. The number of rotatable bonds is 3. The van der Waals surface area contributed by atoms with E-state index in [0.717, 1.165) is 53.9 Å². The maximum absolute atomic E-state index is 13.1. The summed E-state index contributed by atoms with van der Waals surface area (Å²) in [6.45, 7) is 3.75. The average Bonchev–Trinajstić information content (AvgIpc) is 2.65. The molecule has 0 N–H and O–H groups in total. The molecule has 6 heteroatoms. The lowest BCUT2D eigenvalue weighted by atomic mass is 10.1. The van der Waals surface area contributed by atoms with E-state index < -0.39 is 0 Å². The standard InChI is InChI=1S/C18H21N3O2S/c22-17-15(13-14-5-2-1-3-6-14)16(20-8-10-23-11-9-20)19-18-21(17)7-4-12-24-18/h1-3,5-6H,4,7-13H2. The predicted octanol–water partition coefficient (Wildman–Crippen LogP) is 2.17. The Morgan fingerprint density at radius 2 is 1.92 bits per heavy atom. The lowest BCUT2D eigenvalue weighted by Crippen LogP contribution is -2.40. The average molecular weight is 343 g/mol. The van der Waals surface area contributed by atoms with Gasteiger partial charge < -0.3 is 9.64 Å². The highest BCUT2D eigenvalue weighted by atomic mass is 32.2. The topological polar surface area (TPSA) is 47.4 Å². The molecule has 0 amide bonds. The molecule has 1 fully saturated rings. The second-order valence-corrected chi connectivity index (χ2v) is 7.18. The molecule has 0 bridgehead atoms. The van der Waals surface area contributed by atoms with E-state index in [2.05, 4.69) is 17.0 Å². The van der Waals surface area contributed by atoms with Crippen LogP contribution < -0.4 is 10.5 Å². The first-order valence-corrected chi connectivity index (χ1v) is 9.44. The molecule has 0 atom stereocenters. The first kappa shape index (κ1) is 15.7. The van der Waals surface area contributed by atoms with E-state index in [1.165, 1.54) is 0 Å². The lowest BCUT2D eigenvalue weighted by Gasteiger charge is -2.31. The van der Waals surface area contributed by atoms with Gasteiger partial charge in [0.15, 0.2) is 5.16 Å². The van der Waals surface area contributed by atoms with Crippen LogP contribution >= 0.6 is 11.8 Å². The number of ether oxygens (including phenoxy) is 1. The van der Waals surface area contributed by atoms with Gasteiger partial charge in [-0.25, -0.2) is 4.98 Å². The monoisotopic (exact) mass is 343 g/mol. The molecular formula is C18H21N3O2S. The van der Waals surface area contributed by atoms with Gasteiger partial charge in [-0.1, -0.05) is 42.1 Å². The van der Waals surface area contributed by atoms with E-state index in [1.807, 2.05) is 22.8 Å². The minimum atomic E-state index is 0.123. The summed E-state index contributed by atoms with van der Waals surface area (Å²) < 4.78 is 7.32. The second kappa shape index (κ2) is 6.99. The zero-order chi connectivity index (χ0) is 16.4. The SMILES string of the molecule is O=c1c(Cc2ccccc2)c(N2CCOCC2)nc2n1CCCS2. The molecule has 1 aromatic heterocycles. The maximum atomic E-state index is 13.1. The Kier molecular flexibility index (Phi) is 4.58. The van der Waals surface area contributed by atoms with Crippen molar-refractivity contribution in [3.05, 3.63) is 51.8 Å². The molecular weight excluding hydrogens is 322 g/mol. The van der Waals surface area contributed by atoms with Crippen LogP contribution in [0.2, 0.25) is 0 Å². The summed E-state index contributed by atoms with van der Waals surface area (Å²) in [5, 5.41) is 0.865. The van der Waals surface area contributed by atoms with E-state index in [0.29, 0.717) is 19.6 Å². The Morgan fingerprint density at radius 1 is 1.12 bits per heavy atom. The van der Waals surface area contributed by atoms with Crippen LogP contribution in [0, 0.1) is 0 Å². The normalized spacial score (nSPS) is 17.6. The third-order valence-corrected chi connectivity index (χ3v) is 5.56. The fraction of sp³-hybridized carbons (Fsp3) is 0.444. The fourth-order valence-electron chi connectivity index (χ4n) is 3.25. The van der Waals surface area contributed by atoms with Gasteiger partial charge in [-0.05, 0) is 12.0 Å². The van der Waals surface area contributed by atoms with Crippen molar-refractivity contribution in [2.75, 3.05) is 37.0 Å². The Morgan fingerprint density at radius 3 is 2.71 bits per heavy atom. The summed E-state index contributed by atoms with van der Waals surface area (Å²) in [4.78, 5) is 20.2. The number of hydrogen-bond donors (Lipinski definition) is 0. The zero-order valence-corrected chi connectivity index (χ0v) is 14.4. The Labute approximate surface area is 145 Å². The Balaban J connectivity index is 1.80. The van der Waals surface area contributed by atoms with Gasteiger partial charge in [-0.3, -0.25) is 9.36 Å². The van der Waals surface area contributed by atoms with Crippen molar-refractivity contribution in [2.24, 2.45) is 0 Å².